The lowest BCUT2D eigenvalue weighted by Crippen LogP contribution is -3.09. The third kappa shape index (κ3) is 4.42. The number of rotatable bonds is 6. The zero-order valence-corrected chi connectivity index (χ0v) is 15.2. The van der Waals surface area contributed by atoms with Crippen molar-refractivity contribution in [3.8, 4) is 0 Å². The fraction of sp³-hybridized carbons (Fsp3) is 0.412. The molecule has 0 aliphatic heterocycles. The highest BCUT2D eigenvalue weighted by molar-refractivity contribution is 5.92. The summed E-state index contributed by atoms with van der Waals surface area (Å²) < 4.78 is 1.58. The lowest BCUT2D eigenvalue weighted by Gasteiger charge is -2.15. The molecule has 134 valence electrons. The molecule has 0 aliphatic carbocycles. The van der Waals surface area contributed by atoms with E-state index in [0.717, 1.165) is 21.7 Å². The molecule has 1 heterocycles. The number of hydrogen-bond acceptors (Lipinski definition) is 4. The number of likely N-dealkylation sites (N-methyl/N-ethyl adjacent to an activating group) is 1. The molecule has 2 N–H and O–H groups in total. The van der Waals surface area contributed by atoms with Crippen LogP contribution in [0.5, 0.6) is 0 Å². The van der Waals surface area contributed by atoms with Gasteiger partial charge in [0, 0.05) is 5.69 Å². The molecule has 0 bridgehead atoms. The van der Waals surface area contributed by atoms with Crippen molar-refractivity contribution < 1.29 is 14.6 Å². The number of quaternary nitrogens is 1. The second-order valence-corrected chi connectivity index (χ2v) is 6.43. The van der Waals surface area contributed by atoms with Crippen LogP contribution in [0.1, 0.15) is 22.5 Å². The summed E-state index contributed by atoms with van der Waals surface area (Å²) in [6.45, 7) is 7.81. The zero-order valence-electron chi connectivity index (χ0n) is 15.2. The standard InChI is InChI=1S/C17H23N5O3/c1-11-6-7-12(2)15(8-11)18-16(23)9-20(5)10-21-14(4)17(22(24)25)13(3)19-21/h6-8H,9-10H2,1-5H3,(H,18,23)/p+1. The van der Waals surface area contributed by atoms with Crippen molar-refractivity contribution in [2.24, 2.45) is 0 Å². The summed E-state index contributed by atoms with van der Waals surface area (Å²) in [6.07, 6.45) is 0. The molecule has 1 atom stereocenters. The molecule has 2 rings (SSSR count). The van der Waals surface area contributed by atoms with E-state index in [2.05, 4.69) is 10.4 Å². The summed E-state index contributed by atoms with van der Waals surface area (Å²) >= 11 is 0. The van der Waals surface area contributed by atoms with E-state index in [1.807, 2.05) is 39.1 Å². The third-order valence-electron chi connectivity index (χ3n) is 4.08. The minimum absolute atomic E-state index is 0.0348. The lowest BCUT2D eigenvalue weighted by molar-refractivity contribution is -0.895. The highest BCUT2D eigenvalue weighted by atomic mass is 16.6. The number of aryl methyl sites for hydroxylation is 3. The van der Waals surface area contributed by atoms with Crippen molar-refractivity contribution in [2.75, 3.05) is 18.9 Å². The molecule has 8 heteroatoms. The van der Waals surface area contributed by atoms with Crippen LogP contribution in [0.25, 0.3) is 0 Å². The van der Waals surface area contributed by atoms with Crippen LogP contribution in [-0.4, -0.2) is 34.2 Å². The van der Waals surface area contributed by atoms with Crippen LogP contribution in [0, 0.1) is 37.8 Å². The predicted molar refractivity (Wildman–Crippen MR) is 94.7 cm³/mol. The molecule has 0 fully saturated rings. The number of carbonyl (C=O) groups excluding carboxylic acids is 1. The van der Waals surface area contributed by atoms with E-state index in [-0.39, 0.29) is 18.1 Å². The highest BCUT2D eigenvalue weighted by Crippen LogP contribution is 2.21. The fourth-order valence-electron chi connectivity index (χ4n) is 2.76. The van der Waals surface area contributed by atoms with E-state index in [1.165, 1.54) is 0 Å². The summed E-state index contributed by atoms with van der Waals surface area (Å²) in [7, 11) is 1.85. The minimum atomic E-state index is -0.420. The molecular formula is C17H24N5O3+. The Morgan fingerprint density at radius 3 is 2.60 bits per heavy atom. The molecule has 25 heavy (non-hydrogen) atoms. The van der Waals surface area contributed by atoms with Crippen molar-refractivity contribution in [1.29, 1.82) is 0 Å². The van der Waals surface area contributed by atoms with E-state index in [4.69, 9.17) is 0 Å². The number of carbonyl (C=O) groups is 1. The second kappa shape index (κ2) is 7.43. The predicted octanol–water partition coefficient (Wildman–Crippen LogP) is 1.14. The van der Waals surface area contributed by atoms with Crippen molar-refractivity contribution in [3.05, 3.63) is 50.8 Å². The number of nitrogens with zero attached hydrogens (tertiary/aromatic N) is 3. The molecule has 1 aromatic carbocycles. The summed E-state index contributed by atoms with van der Waals surface area (Å²) in [5.74, 6) is -0.109. The molecule has 0 saturated carbocycles. The number of hydrogen-bond donors (Lipinski definition) is 2. The largest absolute Gasteiger partial charge is 0.321 e. The van der Waals surface area contributed by atoms with Gasteiger partial charge in [-0.3, -0.25) is 14.9 Å². The average molecular weight is 346 g/mol. The number of benzene rings is 1. The van der Waals surface area contributed by atoms with Gasteiger partial charge in [0.1, 0.15) is 11.4 Å². The summed E-state index contributed by atoms with van der Waals surface area (Å²) in [5, 5.41) is 18.2. The molecule has 1 amide bonds. The smallest absolute Gasteiger partial charge is 0.312 e. The first-order chi connectivity index (χ1) is 11.7. The van der Waals surface area contributed by atoms with Gasteiger partial charge in [0.2, 0.25) is 0 Å². The summed E-state index contributed by atoms with van der Waals surface area (Å²) in [6, 6.07) is 5.90. The number of anilines is 1. The molecular weight excluding hydrogens is 322 g/mol. The monoisotopic (exact) mass is 346 g/mol. The van der Waals surface area contributed by atoms with Crippen LogP contribution in [0.15, 0.2) is 18.2 Å². The third-order valence-corrected chi connectivity index (χ3v) is 4.08. The molecule has 8 nitrogen and oxygen atoms in total. The second-order valence-electron chi connectivity index (χ2n) is 6.43. The van der Waals surface area contributed by atoms with E-state index < -0.39 is 4.92 Å². The molecule has 1 aromatic heterocycles. The van der Waals surface area contributed by atoms with Gasteiger partial charge in [-0.2, -0.15) is 5.10 Å². The van der Waals surface area contributed by atoms with Gasteiger partial charge in [0.25, 0.3) is 5.91 Å². The number of nitro groups is 1. The van der Waals surface area contributed by atoms with Gasteiger partial charge >= 0.3 is 5.69 Å². The zero-order chi connectivity index (χ0) is 18.7. The topological polar surface area (TPSA) is 94.5 Å². The van der Waals surface area contributed by atoms with Crippen LogP contribution in [0.4, 0.5) is 11.4 Å². The van der Waals surface area contributed by atoms with Crippen LogP contribution < -0.4 is 10.2 Å². The fourth-order valence-corrected chi connectivity index (χ4v) is 2.76. The van der Waals surface area contributed by atoms with E-state index >= 15 is 0 Å². The van der Waals surface area contributed by atoms with Crippen LogP contribution in [0.3, 0.4) is 0 Å². The lowest BCUT2D eigenvalue weighted by atomic mass is 10.1. The molecule has 0 saturated heterocycles. The SMILES string of the molecule is Cc1ccc(C)c(NC(=O)C[NH+](C)Cn2nc(C)c([N+](=O)[O-])c2C)c1. The van der Waals surface area contributed by atoms with Gasteiger partial charge in [0.05, 0.1) is 12.0 Å². The van der Waals surface area contributed by atoms with Crippen molar-refractivity contribution in [1.82, 2.24) is 9.78 Å². The van der Waals surface area contributed by atoms with Gasteiger partial charge in [-0.1, -0.05) is 12.1 Å². The van der Waals surface area contributed by atoms with Crippen LogP contribution in [0.2, 0.25) is 0 Å². The Hall–Kier alpha value is -2.74. The average Bonchev–Trinajstić information content (AvgIpc) is 2.76. The summed E-state index contributed by atoms with van der Waals surface area (Å²) in [4.78, 5) is 23.8. The van der Waals surface area contributed by atoms with E-state index in [0.29, 0.717) is 18.1 Å². The Morgan fingerprint density at radius 1 is 1.32 bits per heavy atom. The minimum Gasteiger partial charge on any atom is -0.321 e. The Morgan fingerprint density at radius 2 is 2.00 bits per heavy atom. The maximum atomic E-state index is 12.3. The van der Waals surface area contributed by atoms with Crippen molar-refractivity contribution in [3.63, 3.8) is 0 Å². The molecule has 1 unspecified atom stereocenters. The number of aromatic nitrogens is 2. The van der Waals surface area contributed by atoms with Gasteiger partial charge in [-0.05, 0) is 44.9 Å². The Kier molecular flexibility index (Phi) is 5.53. The van der Waals surface area contributed by atoms with Crippen LogP contribution in [-0.2, 0) is 11.5 Å². The Bertz CT molecular complexity index is 813. The van der Waals surface area contributed by atoms with Gasteiger partial charge < -0.3 is 10.2 Å². The molecule has 0 aliphatic rings. The Balaban J connectivity index is 2.01. The molecule has 2 aromatic rings. The highest BCUT2D eigenvalue weighted by Gasteiger charge is 2.23. The first-order valence-electron chi connectivity index (χ1n) is 8.06. The Labute approximate surface area is 146 Å². The van der Waals surface area contributed by atoms with Gasteiger partial charge in [-0.25, -0.2) is 4.68 Å². The maximum absolute atomic E-state index is 12.3. The first-order valence-corrected chi connectivity index (χ1v) is 8.06. The maximum Gasteiger partial charge on any atom is 0.312 e. The number of nitrogens with one attached hydrogen (secondary N) is 2. The van der Waals surface area contributed by atoms with Gasteiger partial charge in [-0.15, -0.1) is 0 Å². The van der Waals surface area contributed by atoms with Gasteiger partial charge in [0.15, 0.2) is 13.2 Å². The summed E-state index contributed by atoms with van der Waals surface area (Å²) in [5.41, 5.74) is 3.81. The van der Waals surface area contributed by atoms with E-state index in [1.54, 1.807) is 18.5 Å². The normalized spacial score (nSPS) is 12.0. The van der Waals surface area contributed by atoms with Crippen LogP contribution >= 0.6 is 0 Å². The number of amides is 1. The first kappa shape index (κ1) is 18.6. The quantitative estimate of drug-likeness (QED) is 0.606. The van der Waals surface area contributed by atoms with E-state index in [9.17, 15) is 14.9 Å². The molecule has 0 radical (unpaired) electrons. The van der Waals surface area contributed by atoms with Crippen molar-refractivity contribution >= 4 is 17.3 Å². The van der Waals surface area contributed by atoms with Crippen molar-refractivity contribution in [2.45, 2.75) is 34.4 Å². The molecule has 0 spiro atoms.